The van der Waals surface area contributed by atoms with Gasteiger partial charge in [0.2, 0.25) is 0 Å². The third-order valence-electron chi connectivity index (χ3n) is 5.87. The Morgan fingerprint density at radius 2 is 0.714 bits per heavy atom. The van der Waals surface area contributed by atoms with Crippen molar-refractivity contribution in [3.63, 3.8) is 0 Å². The molecule has 0 amide bonds. The summed E-state index contributed by atoms with van der Waals surface area (Å²) in [5, 5.41) is 14.8. The second-order valence-electron chi connectivity index (χ2n) is 8.11. The van der Waals surface area contributed by atoms with E-state index < -0.39 is 4.65 Å². The van der Waals surface area contributed by atoms with Gasteiger partial charge in [-0.25, -0.2) is 0 Å². The fourth-order valence-electron chi connectivity index (χ4n) is 4.06. The molecule has 0 fully saturated rings. The molecule has 169 valence electrons. The van der Waals surface area contributed by atoms with Gasteiger partial charge < -0.3 is 0 Å². The van der Waals surface area contributed by atoms with Crippen LogP contribution in [-0.2, 0) is 20.9 Å². The zero-order valence-corrected chi connectivity index (χ0v) is 20.0. The quantitative estimate of drug-likeness (QED) is 0.308. The van der Waals surface area contributed by atoms with Crippen LogP contribution in [0.2, 0.25) is 0 Å². The molecule has 0 saturated heterocycles. The standard InChI is InChI=1S/C28H21N6.Cr/c1-4-10-22(11-5-1)25-16-19-32(29-25)28(33-20-17-26(30-33)23-12-6-2-7-13-23)34-21-18-27(31-34)24-14-8-3-9-15-24;/h1-21H;. The van der Waals surface area contributed by atoms with Gasteiger partial charge in [-0.3, -0.25) is 0 Å². The van der Waals surface area contributed by atoms with Crippen molar-refractivity contribution in [2.45, 2.75) is 4.65 Å². The van der Waals surface area contributed by atoms with Crippen LogP contribution in [0.1, 0.15) is 0 Å². The van der Waals surface area contributed by atoms with Gasteiger partial charge in [0.25, 0.3) is 0 Å². The first-order valence-corrected chi connectivity index (χ1v) is 11.9. The van der Waals surface area contributed by atoms with Crippen molar-refractivity contribution in [1.82, 2.24) is 29.3 Å². The van der Waals surface area contributed by atoms with Crippen molar-refractivity contribution in [3.8, 4) is 33.8 Å². The van der Waals surface area contributed by atoms with E-state index in [0.717, 1.165) is 33.8 Å². The Morgan fingerprint density at radius 3 is 1.00 bits per heavy atom. The zero-order valence-electron chi connectivity index (χ0n) is 18.7. The molecule has 6 aromatic rings. The Hall–Kier alpha value is -4.18. The monoisotopic (exact) mass is 493 g/mol. The molecule has 3 heterocycles. The van der Waals surface area contributed by atoms with Gasteiger partial charge in [-0.05, 0) is 0 Å². The maximum absolute atomic E-state index is 4.93. The normalized spacial score (nSPS) is 11.5. The van der Waals surface area contributed by atoms with Gasteiger partial charge in [0.15, 0.2) is 0 Å². The third-order valence-corrected chi connectivity index (χ3v) is 6.75. The second kappa shape index (κ2) is 8.88. The van der Waals surface area contributed by atoms with Crippen LogP contribution in [0, 0.1) is 0 Å². The van der Waals surface area contributed by atoms with Gasteiger partial charge in [-0.2, -0.15) is 0 Å². The van der Waals surface area contributed by atoms with Crippen molar-refractivity contribution in [2.24, 2.45) is 0 Å². The van der Waals surface area contributed by atoms with Crippen molar-refractivity contribution >= 4 is 0 Å². The summed E-state index contributed by atoms with van der Waals surface area (Å²) in [4.78, 5) is 0. The van der Waals surface area contributed by atoms with Crippen LogP contribution in [0.25, 0.3) is 33.8 Å². The molecule has 0 atom stereocenters. The first kappa shape index (κ1) is 21.4. The summed E-state index contributed by atoms with van der Waals surface area (Å²) in [6.45, 7) is 0. The number of hydrogen-bond donors (Lipinski definition) is 0. The van der Waals surface area contributed by atoms with Gasteiger partial charge >= 0.3 is 212 Å². The predicted octanol–water partition coefficient (Wildman–Crippen LogP) is 5.49. The summed E-state index contributed by atoms with van der Waals surface area (Å²) in [5.41, 5.74) is 5.75. The summed E-state index contributed by atoms with van der Waals surface area (Å²) < 4.78 is 4.60. The van der Waals surface area contributed by atoms with Crippen molar-refractivity contribution < 1.29 is 16.3 Å². The van der Waals surface area contributed by atoms with Crippen LogP contribution in [0.3, 0.4) is 0 Å². The van der Waals surface area contributed by atoms with Crippen molar-refractivity contribution in [1.29, 1.82) is 0 Å². The van der Waals surface area contributed by atoms with E-state index in [-0.39, 0.29) is 0 Å². The molecule has 0 spiro atoms. The van der Waals surface area contributed by atoms with Gasteiger partial charge in [-0.1, -0.05) is 0 Å². The molecule has 0 aliphatic rings. The molecule has 0 radical (unpaired) electrons. The molecule has 0 N–H and O–H groups in total. The van der Waals surface area contributed by atoms with Crippen molar-refractivity contribution in [2.75, 3.05) is 0 Å². The van der Waals surface area contributed by atoms with E-state index in [4.69, 9.17) is 15.3 Å². The summed E-state index contributed by atoms with van der Waals surface area (Å²) in [5.74, 6) is 0. The summed E-state index contributed by atoms with van der Waals surface area (Å²) in [6.07, 6.45) is 5.85. The number of nitrogens with zero attached hydrogens (tertiary/aromatic N) is 6. The van der Waals surface area contributed by atoms with Crippen LogP contribution in [0.15, 0.2) is 128 Å². The summed E-state index contributed by atoms with van der Waals surface area (Å²) in [6, 6.07) is 36.4. The molecule has 0 aliphatic heterocycles. The fourth-order valence-corrected chi connectivity index (χ4v) is 4.54. The maximum atomic E-state index is 4.93. The Bertz CT molecular complexity index is 1360. The molecule has 35 heavy (non-hydrogen) atoms. The van der Waals surface area contributed by atoms with E-state index in [0.29, 0.717) is 0 Å². The van der Waals surface area contributed by atoms with Gasteiger partial charge in [0.05, 0.1) is 0 Å². The third kappa shape index (κ3) is 3.91. The molecule has 3 aromatic carbocycles. The van der Waals surface area contributed by atoms with E-state index in [1.165, 1.54) is 0 Å². The minimum atomic E-state index is -0.979. The van der Waals surface area contributed by atoms with E-state index in [1.807, 2.05) is 105 Å². The molecule has 6 nitrogen and oxygen atoms in total. The molecule has 6 rings (SSSR count). The molecular formula is C28H21CrN6. The van der Waals surface area contributed by atoms with Gasteiger partial charge in [0, 0.05) is 0 Å². The molecule has 3 aromatic heterocycles. The topological polar surface area (TPSA) is 53.5 Å². The Morgan fingerprint density at radius 1 is 0.429 bits per heavy atom. The number of benzene rings is 3. The minimum absolute atomic E-state index is 0.871. The molecule has 0 saturated carbocycles. The first-order valence-electron chi connectivity index (χ1n) is 11.3. The van der Waals surface area contributed by atoms with Crippen LogP contribution >= 0.6 is 0 Å². The Labute approximate surface area is 211 Å². The zero-order chi connectivity index (χ0) is 23.7. The average Bonchev–Trinajstić information content (AvgIpc) is 3.71. The Balaban J connectivity index is 1.48. The Kier molecular flexibility index (Phi) is 5.42. The number of aromatic nitrogens is 6. The second-order valence-corrected chi connectivity index (χ2v) is 8.96. The van der Waals surface area contributed by atoms with E-state index in [2.05, 4.69) is 52.7 Å². The average molecular weight is 494 g/mol. The van der Waals surface area contributed by atoms with Gasteiger partial charge in [-0.15, -0.1) is 0 Å². The van der Waals surface area contributed by atoms with Crippen molar-refractivity contribution in [3.05, 3.63) is 128 Å². The molecule has 0 aliphatic carbocycles. The molecule has 0 unspecified atom stereocenters. The van der Waals surface area contributed by atoms with Gasteiger partial charge in [0.1, 0.15) is 0 Å². The number of rotatable bonds is 6. The van der Waals surface area contributed by atoms with E-state index in [9.17, 15) is 0 Å². The fraction of sp³-hybridized carbons (Fsp3) is 0.0357. The molecule has 0 bridgehead atoms. The van der Waals surface area contributed by atoms with E-state index >= 15 is 0 Å². The van der Waals surface area contributed by atoms with Crippen LogP contribution in [0.5, 0.6) is 0 Å². The van der Waals surface area contributed by atoms with E-state index in [1.54, 1.807) is 0 Å². The predicted molar refractivity (Wildman–Crippen MR) is 132 cm³/mol. The van der Waals surface area contributed by atoms with Crippen LogP contribution < -0.4 is 0 Å². The molecular weight excluding hydrogens is 472 g/mol. The number of hydrogen-bond acceptors (Lipinski definition) is 3. The summed E-state index contributed by atoms with van der Waals surface area (Å²) >= 11 is 3.34. The molecule has 7 heteroatoms. The first-order chi connectivity index (χ1) is 17.2. The van der Waals surface area contributed by atoms with Crippen LogP contribution in [-0.4, -0.2) is 29.3 Å². The SMILES string of the molecule is [Cr][C](n1ccc(-c2ccccc2)n1)(n1ccc(-c2ccccc2)n1)n1ccc(-c2ccccc2)n1. The van der Waals surface area contributed by atoms with Crippen LogP contribution in [0.4, 0.5) is 0 Å². The summed E-state index contributed by atoms with van der Waals surface area (Å²) in [7, 11) is 0.